The third-order valence-electron chi connectivity index (χ3n) is 3.48. The number of rotatable bonds is 4. The summed E-state index contributed by atoms with van der Waals surface area (Å²) in [6, 6.07) is 0.420. The Balaban J connectivity index is 2.36. The van der Waals surface area contributed by atoms with Crippen molar-refractivity contribution in [3.8, 4) is 0 Å². The summed E-state index contributed by atoms with van der Waals surface area (Å²) in [4.78, 5) is 11.2. The van der Waals surface area contributed by atoms with Gasteiger partial charge in [-0.15, -0.1) is 0 Å². The molecule has 1 aromatic heterocycles. The second-order valence-corrected chi connectivity index (χ2v) is 4.46. The van der Waals surface area contributed by atoms with Crippen molar-refractivity contribution >= 4 is 11.6 Å². The van der Waals surface area contributed by atoms with Crippen LogP contribution in [0.5, 0.6) is 0 Å². The average Bonchev–Trinajstić information content (AvgIpc) is 2.46. The van der Waals surface area contributed by atoms with Gasteiger partial charge in [0.1, 0.15) is 18.0 Å². The molecule has 0 saturated carbocycles. The van der Waals surface area contributed by atoms with Crippen molar-refractivity contribution in [3.05, 3.63) is 11.9 Å². The zero-order chi connectivity index (χ0) is 13.0. The molecule has 2 rings (SSSR count). The van der Waals surface area contributed by atoms with Crippen LogP contribution in [0.4, 0.5) is 11.6 Å². The molecule has 1 aliphatic heterocycles. The van der Waals surface area contributed by atoms with Crippen LogP contribution in [0.15, 0.2) is 6.33 Å². The van der Waals surface area contributed by atoms with E-state index in [0.29, 0.717) is 6.04 Å². The molecule has 0 amide bonds. The van der Waals surface area contributed by atoms with E-state index in [4.69, 9.17) is 4.74 Å². The summed E-state index contributed by atoms with van der Waals surface area (Å²) in [5.74, 6) is 2.00. The van der Waals surface area contributed by atoms with Crippen LogP contribution in [0.3, 0.4) is 0 Å². The Morgan fingerprint density at radius 2 is 2.28 bits per heavy atom. The van der Waals surface area contributed by atoms with Gasteiger partial charge in [-0.2, -0.15) is 0 Å². The number of anilines is 2. The molecule has 0 radical (unpaired) electrons. The normalized spacial score (nSPS) is 19.9. The van der Waals surface area contributed by atoms with Crippen molar-refractivity contribution in [2.45, 2.75) is 32.7 Å². The quantitative estimate of drug-likeness (QED) is 0.881. The molecular formula is C13H22N4O. The van der Waals surface area contributed by atoms with E-state index >= 15 is 0 Å². The molecule has 1 N–H and O–H groups in total. The van der Waals surface area contributed by atoms with Crippen LogP contribution < -0.4 is 10.2 Å². The van der Waals surface area contributed by atoms with Crippen LogP contribution in [0, 0.1) is 0 Å². The second kappa shape index (κ2) is 6.00. The molecule has 18 heavy (non-hydrogen) atoms. The molecule has 5 heteroatoms. The zero-order valence-electron chi connectivity index (χ0n) is 11.4. The Morgan fingerprint density at radius 1 is 1.44 bits per heavy atom. The lowest BCUT2D eigenvalue weighted by molar-refractivity contribution is 0.0924. The number of aromatic nitrogens is 2. The van der Waals surface area contributed by atoms with Gasteiger partial charge in [0.15, 0.2) is 0 Å². The number of morpholine rings is 1. The lowest BCUT2D eigenvalue weighted by atomic mass is 10.1. The molecular weight excluding hydrogens is 228 g/mol. The summed E-state index contributed by atoms with van der Waals surface area (Å²) in [5.41, 5.74) is 1.19. The fraction of sp³-hybridized carbons (Fsp3) is 0.692. The van der Waals surface area contributed by atoms with E-state index in [0.717, 1.165) is 44.2 Å². The molecule has 0 bridgehead atoms. The fourth-order valence-electron chi connectivity index (χ4n) is 2.46. The summed E-state index contributed by atoms with van der Waals surface area (Å²) >= 11 is 0. The van der Waals surface area contributed by atoms with E-state index in [9.17, 15) is 0 Å². The van der Waals surface area contributed by atoms with Gasteiger partial charge >= 0.3 is 0 Å². The Kier molecular flexibility index (Phi) is 4.36. The van der Waals surface area contributed by atoms with E-state index in [-0.39, 0.29) is 0 Å². The van der Waals surface area contributed by atoms with E-state index < -0.39 is 0 Å². The third kappa shape index (κ3) is 2.41. The maximum Gasteiger partial charge on any atom is 0.137 e. The maximum absolute atomic E-state index is 5.55. The molecule has 1 unspecified atom stereocenters. The third-order valence-corrected chi connectivity index (χ3v) is 3.48. The van der Waals surface area contributed by atoms with E-state index in [1.807, 2.05) is 7.05 Å². The van der Waals surface area contributed by atoms with Crippen molar-refractivity contribution < 1.29 is 4.74 Å². The summed E-state index contributed by atoms with van der Waals surface area (Å²) in [7, 11) is 1.90. The zero-order valence-corrected chi connectivity index (χ0v) is 11.4. The molecule has 1 aromatic rings. The predicted octanol–water partition coefficient (Wildman–Crippen LogP) is 1.70. The molecule has 100 valence electrons. The van der Waals surface area contributed by atoms with Crippen molar-refractivity contribution in [3.63, 3.8) is 0 Å². The lowest BCUT2D eigenvalue weighted by Crippen LogP contribution is -2.46. The minimum absolute atomic E-state index is 0.420. The molecule has 5 nitrogen and oxygen atoms in total. The highest BCUT2D eigenvalue weighted by atomic mass is 16.5. The summed E-state index contributed by atoms with van der Waals surface area (Å²) in [6.07, 6.45) is 3.64. The first-order valence-corrected chi connectivity index (χ1v) is 6.67. The maximum atomic E-state index is 5.55. The van der Waals surface area contributed by atoms with Crippen molar-refractivity contribution in [2.75, 3.05) is 37.0 Å². The number of hydrogen-bond acceptors (Lipinski definition) is 5. The summed E-state index contributed by atoms with van der Waals surface area (Å²) in [5, 5.41) is 3.15. The van der Waals surface area contributed by atoms with Crippen LogP contribution in [-0.4, -0.2) is 42.8 Å². The van der Waals surface area contributed by atoms with Gasteiger partial charge in [0.05, 0.1) is 19.3 Å². The number of nitrogens with one attached hydrogen (secondary N) is 1. The Bertz CT molecular complexity index is 397. The van der Waals surface area contributed by atoms with Crippen LogP contribution in [0.1, 0.15) is 25.8 Å². The van der Waals surface area contributed by atoms with Crippen LogP contribution in [-0.2, 0) is 11.2 Å². The van der Waals surface area contributed by atoms with Gasteiger partial charge in [0.25, 0.3) is 0 Å². The van der Waals surface area contributed by atoms with Gasteiger partial charge in [0, 0.05) is 19.2 Å². The topological polar surface area (TPSA) is 50.3 Å². The van der Waals surface area contributed by atoms with Gasteiger partial charge in [-0.25, -0.2) is 9.97 Å². The van der Waals surface area contributed by atoms with Gasteiger partial charge in [0.2, 0.25) is 0 Å². The minimum atomic E-state index is 0.420. The van der Waals surface area contributed by atoms with Crippen molar-refractivity contribution in [1.29, 1.82) is 0 Å². The Morgan fingerprint density at radius 3 is 2.94 bits per heavy atom. The van der Waals surface area contributed by atoms with Crippen molar-refractivity contribution in [1.82, 2.24) is 9.97 Å². The Hall–Kier alpha value is -1.36. The van der Waals surface area contributed by atoms with Gasteiger partial charge in [-0.3, -0.25) is 0 Å². The van der Waals surface area contributed by atoms with Gasteiger partial charge < -0.3 is 15.0 Å². The van der Waals surface area contributed by atoms with Gasteiger partial charge in [-0.1, -0.05) is 13.8 Å². The lowest BCUT2D eigenvalue weighted by Gasteiger charge is -2.37. The summed E-state index contributed by atoms with van der Waals surface area (Å²) in [6.45, 7) is 6.81. The highest BCUT2D eigenvalue weighted by Crippen LogP contribution is 2.27. The summed E-state index contributed by atoms with van der Waals surface area (Å²) < 4.78 is 5.55. The fourth-order valence-corrected chi connectivity index (χ4v) is 2.46. The average molecular weight is 250 g/mol. The first kappa shape index (κ1) is 13.1. The number of nitrogens with zero attached hydrogens (tertiary/aromatic N) is 3. The molecule has 1 aliphatic rings. The monoisotopic (exact) mass is 250 g/mol. The molecule has 0 aromatic carbocycles. The molecule has 1 atom stereocenters. The molecule has 2 heterocycles. The minimum Gasteiger partial charge on any atom is -0.377 e. The highest BCUT2D eigenvalue weighted by molar-refractivity contribution is 5.59. The molecule has 0 aliphatic carbocycles. The van der Waals surface area contributed by atoms with E-state index in [1.54, 1.807) is 6.33 Å². The van der Waals surface area contributed by atoms with Gasteiger partial charge in [-0.05, 0) is 12.8 Å². The molecule has 0 spiro atoms. The standard InChI is InChI=1S/C13H22N4O/c1-4-10-8-18-7-6-17(10)13-11(5-2)12(14-3)15-9-16-13/h9-10H,4-8H2,1-3H3,(H,14,15,16). The number of ether oxygens (including phenoxy) is 1. The Labute approximate surface area is 109 Å². The van der Waals surface area contributed by atoms with Crippen molar-refractivity contribution in [2.24, 2.45) is 0 Å². The predicted molar refractivity (Wildman–Crippen MR) is 73.2 cm³/mol. The van der Waals surface area contributed by atoms with Crippen LogP contribution >= 0.6 is 0 Å². The largest absolute Gasteiger partial charge is 0.377 e. The molecule has 1 fully saturated rings. The van der Waals surface area contributed by atoms with E-state index in [1.165, 1.54) is 5.56 Å². The first-order chi connectivity index (χ1) is 8.81. The first-order valence-electron chi connectivity index (χ1n) is 6.67. The second-order valence-electron chi connectivity index (χ2n) is 4.46. The van der Waals surface area contributed by atoms with Crippen LogP contribution in [0.25, 0.3) is 0 Å². The smallest absolute Gasteiger partial charge is 0.137 e. The SMILES string of the molecule is CCc1c(NC)ncnc1N1CCOCC1CC. The number of hydrogen-bond donors (Lipinski definition) is 1. The van der Waals surface area contributed by atoms with E-state index in [2.05, 4.69) is 34.0 Å². The highest BCUT2D eigenvalue weighted by Gasteiger charge is 2.25. The van der Waals surface area contributed by atoms with Crippen LogP contribution in [0.2, 0.25) is 0 Å². The molecule has 1 saturated heterocycles.